The van der Waals surface area contributed by atoms with E-state index in [2.05, 4.69) is 0 Å². The van der Waals surface area contributed by atoms with Gasteiger partial charge in [-0.3, -0.25) is 14.4 Å². The fraction of sp³-hybridized carbons (Fsp3) is 0.567. The quantitative estimate of drug-likeness (QED) is 0.336. The molecular formula is C30H38N2O6. The number of carbonyl (C=O) groups excluding carboxylic acids is 3. The molecule has 5 rings (SSSR count). The third-order valence-electron chi connectivity index (χ3n) is 8.37. The maximum Gasteiger partial charge on any atom is 0.312 e. The predicted octanol–water partition coefficient (Wildman–Crippen LogP) is 3.23. The van der Waals surface area contributed by atoms with Crippen LogP contribution in [-0.2, 0) is 23.9 Å². The SMILES string of the molecule is Cc1cccc(C)c1N1CC=C[C@]23O[C@@H]4/C=C\CCCOC(=O)[C@@H]4[C@H]2C(=O)N(CCCCCCO)C3C1=O. The smallest absolute Gasteiger partial charge is 0.312 e. The minimum absolute atomic E-state index is 0.136. The van der Waals surface area contributed by atoms with Gasteiger partial charge in [0.15, 0.2) is 0 Å². The van der Waals surface area contributed by atoms with E-state index in [1.54, 1.807) is 9.80 Å². The third kappa shape index (κ3) is 4.47. The van der Waals surface area contributed by atoms with Gasteiger partial charge in [-0.05, 0) is 50.7 Å². The van der Waals surface area contributed by atoms with Crippen molar-refractivity contribution < 1.29 is 29.0 Å². The van der Waals surface area contributed by atoms with Crippen LogP contribution in [0.3, 0.4) is 0 Å². The van der Waals surface area contributed by atoms with Crippen molar-refractivity contribution >= 4 is 23.5 Å². The number of nitrogens with zero attached hydrogens (tertiary/aromatic N) is 2. The number of fused-ring (bicyclic) bond motifs is 2. The number of hydrogen-bond donors (Lipinski definition) is 1. The molecule has 2 saturated heterocycles. The van der Waals surface area contributed by atoms with Crippen molar-refractivity contribution in [2.24, 2.45) is 11.8 Å². The Morgan fingerprint density at radius 2 is 1.79 bits per heavy atom. The van der Waals surface area contributed by atoms with Crippen LogP contribution in [0.4, 0.5) is 5.69 Å². The topological polar surface area (TPSA) is 96.4 Å². The lowest BCUT2D eigenvalue weighted by molar-refractivity contribution is -0.154. The Morgan fingerprint density at radius 1 is 1.03 bits per heavy atom. The second-order valence-corrected chi connectivity index (χ2v) is 10.8. The van der Waals surface area contributed by atoms with E-state index in [1.807, 2.05) is 56.4 Å². The Labute approximate surface area is 224 Å². The number of anilines is 1. The number of esters is 1. The van der Waals surface area contributed by atoms with Crippen molar-refractivity contribution in [3.05, 3.63) is 53.6 Å². The molecule has 1 unspecified atom stereocenters. The van der Waals surface area contributed by atoms with E-state index in [-0.39, 0.29) is 18.4 Å². The molecule has 0 aliphatic carbocycles. The number of unbranched alkanes of at least 4 members (excludes halogenated alkanes) is 3. The average molecular weight is 523 g/mol. The molecule has 0 bridgehead atoms. The summed E-state index contributed by atoms with van der Waals surface area (Å²) in [6.07, 6.45) is 11.6. The highest BCUT2D eigenvalue weighted by Crippen LogP contribution is 2.53. The largest absolute Gasteiger partial charge is 0.465 e. The fourth-order valence-electron chi connectivity index (χ4n) is 6.67. The highest BCUT2D eigenvalue weighted by atomic mass is 16.6. The number of aliphatic hydroxyl groups is 1. The van der Waals surface area contributed by atoms with Crippen LogP contribution in [0.25, 0.3) is 0 Å². The van der Waals surface area contributed by atoms with E-state index in [4.69, 9.17) is 14.6 Å². The number of aliphatic hydroxyl groups excluding tert-OH is 1. The van der Waals surface area contributed by atoms with Gasteiger partial charge in [-0.25, -0.2) is 0 Å². The van der Waals surface area contributed by atoms with Crippen molar-refractivity contribution in [2.45, 2.75) is 70.1 Å². The van der Waals surface area contributed by atoms with Crippen molar-refractivity contribution in [2.75, 3.05) is 31.2 Å². The maximum absolute atomic E-state index is 14.5. The minimum Gasteiger partial charge on any atom is -0.465 e. The van der Waals surface area contributed by atoms with Gasteiger partial charge in [0, 0.05) is 25.4 Å². The van der Waals surface area contributed by atoms with E-state index >= 15 is 0 Å². The summed E-state index contributed by atoms with van der Waals surface area (Å²) in [6, 6.07) is 5.06. The molecule has 0 aromatic heterocycles. The molecule has 1 aromatic rings. The van der Waals surface area contributed by atoms with Gasteiger partial charge in [-0.1, -0.05) is 55.3 Å². The Balaban J connectivity index is 1.56. The molecule has 4 aliphatic rings. The zero-order valence-electron chi connectivity index (χ0n) is 22.3. The molecule has 1 aromatic carbocycles. The molecule has 5 atom stereocenters. The highest BCUT2D eigenvalue weighted by molar-refractivity contribution is 6.06. The lowest BCUT2D eigenvalue weighted by Crippen LogP contribution is -2.55. The number of carbonyl (C=O) groups is 3. The Hall–Kier alpha value is -2.97. The number of cyclic esters (lactones) is 1. The summed E-state index contributed by atoms with van der Waals surface area (Å²) in [5.74, 6) is -2.48. The van der Waals surface area contributed by atoms with E-state index in [1.165, 1.54) is 0 Å². The van der Waals surface area contributed by atoms with Crippen LogP contribution in [0.1, 0.15) is 49.7 Å². The van der Waals surface area contributed by atoms with Crippen molar-refractivity contribution in [3.63, 3.8) is 0 Å². The molecule has 204 valence electrons. The van der Waals surface area contributed by atoms with Gasteiger partial charge in [-0.15, -0.1) is 0 Å². The van der Waals surface area contributed by atoms with E-state index in [9.17, 15) is 14.4 Å². The van der Waals surface area contributed by atoms with Crippen molar-refractivity contribution in [1.29, 1.82) is 0 Å². The van der Waals surface area contributed by atoms with Gasteiger partial charge in [0.05, 0.1) is 18.6 Å². The van der Waals surface area contributed by atoms with Crippen LogP contribution in [-0.4, -0.2) is 71.8 Å². The average Bonchev–Trinajstić information content (AvgIpc) is 3.30. The van der Waals surface area contributed by atoms with Gasteiger partial charge in [0.25, 0.3) is 5.91 Å². The molecule has 38 heavy (non-hydrogen) atoms. The van der Waals surface area contributed by atoms with Crippen LogP contribution < -0.4 is 4.90 Å². The first-order valence-corrected chi connectivity index (χ1v) is 13.9. The third-order valence-corrected chi connectivity index (χ3v) is 8.37. The molecular weight excluding hydrogens is 484 g/mol. The van der Waals surface area contributed by atoms with Crippen LogP contribution >= 0.6 is 0 Å². The first-order valence-electron chi connectivity index (χ1n) is 13.9. The number of para-hydroxylation sites is 1. The molecule has 0 radical (unpaired) electrons. The van der Waals surface area contributed by atoms with Crippen LogP contribution in [0, 0.1) is 25.7 Å². The number of amides is 2. The van der Waals surface area contributed by atoms with Crippen LogP contribution in [0.5, 0.6) is 0 Å². The molecule has 2 fully saturated rings. The van der Waals surface area contributed by atoms with E-state index in [0.717, 1.165) is 42.5 Å². The number of allylic oxidation sites excluding steroid dienone is 1. The van der Waals surface area contributed by atoms with E-state index in [0.29, 0.717) is 32.5 Å². The first kappa shape index (κ1) is 26.6. The molecule has 4 heterocycles. The number of benzene rings is 1. The monoisotopic (exact) mass is 522 g/mol. The molecule has 4 aliphatic heterocycles. The summed E-state index contributed by atoms with van der Waals surface area (Å²) in [7, 11) is 0. The van der Waals surface area contributed by atoms with Gasteiger partial charge in [0.1, 0.15) is 17.6 Å². The van der Waals surface area contributed by atoms with Crippen molar-refractivity contribution in [1.82, 2.24) is 4.90 Å². The summed E-state index contributed by atoms with van der Waals surface area (Å²) >= 11 is 0. The fourth-order valence-corrected chi connectivity index (χ4v) is 6.67. The molecule has 1 N–H and O–H groups in total. The number of aryl methyl sites for hydroxylation is 2. The zero-order chi connectivity index (χ0) is 26.9. The Morgan fingerprint density at radius 3 is 2.55 bits per heavy atom. The molecule has 0 saturated carbocycles. The standard InChI is InChI=1S/C30H38N2O6/c1-20-12-10-13-21(2)25(20)31-17-11-15-30-24(23-22(38-30)14-6-5-9-19-37-29(23)36)27(34)32(26(30)28(31)35)16-7-3-4-8-18-33/h6,10-15,22-24,26,33H,3-5,7-9,16-19H2,1-2H3/b14-6-/t22-,23+,24+,26?,30+/m1/s1. The zero-order valence-corrected chi connectivity index (χ0v) is 22.3. The van der Waals surface area contributed by atoms with Crippen LogP contribution in [0.15, 0.2) is 42.5 Å². The van der Waals surface area contributed by atoms with Gasteiger partial charge >= 0.3 is 5.97 Å². The Kier molecular flexibility index (Phi) is 7.73. The van der Waals surface area contributed by atoms with E-state index < -0.39 is 35.6 Å². The lowest BCUT2D eigenvalue weighted by Gasteiger charge is -2.36. The maximum atomic E-state index is 14.5. The van der Waals surface area contributed by atoms with Crippen LogP contribution in [0.2, 0.25) is 0 Å². The predicted molar refractivity (Wildman–Crippen MR) is 142 cm³/mol. The van der Waals surface area contributed by atoms with Gasteiger partial charge in [0.2, 0.25) is 5.91 Å². The molecule has 2 amide bonds. The highest BCUT2D eigenvalue weighted by Gasteiger charge is 2.71. The summed E-state index contributed by atoms with van der Waals surface area (Å²) in [4.78, 5) is 45.3. The second kappa shape index (κ2) is 11.0. The minimum atomic E-state index is -1.25. The number of likely N-dealkylation sites (tertiary alicyclic amines) is 1. The van der Waals surface area contributed by atoms with Gasteiger partial charge in [-0.2, -0.15) is 0 Å². The molecule has 8 nitrogen and oxygen atoms in total. The molecule has 1 spiro atoms. The van der Waals surface area contributed by atoms with Gasteiger partial charge < -0.3 is 24.4 Å². The number of rotatable bonds is 7. The summed E-state index contributed by atoms with van der Waals surface area (Å²) in [5, 5.41) is 9.14. The Bertz CT molecular complexity index is 1130. The first-order chi connectivity index (χ1) is 18.4. The summed E-state index contributed by atoms with van der Waals surface area (Å²) in [5.41, 5.74) is 1.56. The number of ether oxygens (including phenoxy) is 2. The lowest BCUT2D eigenvalue weighted by atomic mass is 9.78. The summed E-state index contributed by atoms with van der Waals surface area (Å²) in [6.45, 7) is 5.15. The van der Waals surface area contributed by atoms with Crippen molar-refractivity contribution in [3.8, 4) is 0 Å². The normalized spacial score (nSPS) is 31.6. The number of hydrogen-bond acceptors (Lipinski definition) is 6. The molecule has 8 heteroatoms. The summed E-state index contributed by atoms with van der Waals surface area (Å²) < 4.78 is 12.2. The second-order valence-electron chi connectivity index (χ2n) is 10.8.